The van der Waals surface area contributed by atoms with Crippen LogP contribution < -0.4 is 10.6 Å². The van der Waals surface area contributed by atoms with Crippen LogP contribution in [-0.2, 0) is 4.79 Å². The standard InChI is InChI=1S/C14H25N3O3S/c18-13(19)12-3-1-2-11(12)10-16-14(20)15-4-5-17-6-8-21-9-7-17/h11-12H,1-10H2,(H,18,19)(H2,15,16,20). The van der Waals surface area contributed by atoms with Gasteiger partial charge in [0.25, 0.3) is 0 Å². The van der Waals surface area contributed by atoms with Gasteiger partial charge in [0.2, 0.25) is 0 Å². The number of thioether (sulfide) groups is 1. The molecule has 0 radical (unpaired) electrons. The molecule has 2 unspecified atom stereocenters. The Kier molecular flexibility index (Phi) is 6.63. The number of hydrogen-bond donors (Lipinski definition) is 3. The van der Waals surface area contributed by atoms with Crippen molar-refractivity contribution in [2.45, 2.75) is 19.3 Å². The predicted molar refractivity (Wildman–Crippen MR) is 83.6 cm³/mol. The minimum atomic E-state index is -0.734. The number of carbonyl (C=O) groups is 2. The van der Waals surface area contributed by atoms with E-state index in [1.807, 2.05) is 11.8 Å². The van der Waals surface area contributed by atoms with Crippen LogP contribution in [0, 0.1) is 11.8 Å². The van der Waals surface area contributed by atoms with Gasteiger partial charge in [-0.3, -0.25) is 9.69 Å². The van der Waals surface area contributed by atoms with Crippen molar-refractivity contribution in [2.75, 3.05) is 44.2 Å². The minimum Gasteiger partial charge on any atom is -0.481 e. The van der Waals surface area contributed by atoms with Gasteiger partial charge >= 0.3 is 12.0 Å². The Hall–Kier alpha value is -0.950. The van der Waals surface area contributed by atoms with Crippen molar-refractivity contribution in [1.82, 2.24) is 15.5 Å². The van der Waals surface area contributed by atoms with Crippen molar-refractivity contribution in [1.29, 1.82) is 0 Å². The molecule has 2 atom stereocenters. The van der Waals surface area contributed by atoms with Gasteiger partial charge in [0.1, 0.15) is 0 Å². The van der Waals surface area contributed by atoms with Crippen molar-refractivity contribution < 1.29 is 14.7 Å². The van der Waals surface area contributed by atoms with E-state index in [2.05, 4.69) is 15.5 Å². The van der Waals surface area contributed by atoms with Crippen molar-refractivity contribution in [3.8, 4) is 0 Å². The van der Waals surface area contributed by atoms with Gasteiger partial charge in [0.05, 0.1) is 5.92 Å². The third-order valence-corrected chi connectivity index (χ3v) is 5.26. The van der Waals surface area contributed by atoms with Gasteiger partial charge in [-0.1, -0.05) is 6.42 Å². The van der Waals surface area contributed by atoms with Crippen molar-refractivity contribution in [3.63, 3.8) is 0 Å². The first-order valence-corrected chi connectivity index (χ1v) is 8.87. The topological polar surface area (TPSA) is 81.7 Å². The molecular weight excluding hydrogens is 290 g/mol. The fourth-order valence-corrected chi connectivity index (χ4v) is 4.02. The van der Waals surface area contributed by atoms with E-state index in [1.54, 1.807) is 0 Å². The Morgan fingerprint density at radius 2 is 1.95 bits per heavy atom. The highest BCUT2D eigenvalue weighted by Crippen LogP contribution is 2.31. The molecule has 2 rings (SSSR count). The molecule has 2 fully saturated rings. The first-order valence-electron chi connectivity index (χ1n) is 7.71. The average molecular weight is 315 g/mol. The van der Waals surface area contributed by atoms with Crippen LogP contribution in [0.15, 0.2) is 0 Å². The van der Waals surface area contributed by atoms with Gasteiger partial charge in [-0.2, -0.15) is 11.8 Å². The number of carbonyl (C=O) groups excluding carboxylic acids is 1. The number of hydrogen-bond acceptors (Lipinski definition) is 4. The summed E-state index contributed by atoms with van der Waals surface area (Å²) < 4.78 is 0. The molecule has 0 aromatic rings. The number of urea groups is 1. The van der Waals surface area contributed by atoms with Crippen LogP contribution in [-0.4, -0.2) is 66.2 Å². The highest BCUT2D eigenvalue weighted by atomic mass is 32.2. The van der Waals surface area contributed by atoms with Crippen LogP contribution in [0.3, 0.4) is 0 Å². The van der Waals surface area contributed by atoms with Gasteiger partial charge in [-0.05, 0) is 18.8 Å². The maximum absolute atomic E-state index is 11.7. The summed E-state index contributed by atoms with van der Waals surface area (Å²) in [5, 5.41) is 14.8. The molecule has 3 N–H and O–H groups in total. The van der Waals surface area contributed by atoms with E-state index < -0.39 is 5.97 Å². The van der Waals surface area contributed by atoms with E-state index in [9.17, 15) is 9.59 Å². The quantitative estimate of drug-likeness (QED) is 0.676. The molecule has 2 amide bonds. The summed E-state index contributed by atoms with van der Waals surface area (Å²) in [5.41, 5.74) is 0. The predicted octanol–water partition coefficient (Wildman–Crippen LogP) is 0.835. The van der Waals surface area contributed by atoms with Gasteiger partial charge < -0.3 is 15.7 Å². The second kappa shape index (κ2) is 8.48. The van der Waals surface area contributed by atoms with E-state index in [4.69, 9.17) is 5.11 Å². The summed E-state index contributed by atoms with van der Waals surface area (Å²) in [7, 11) is 0. The molecule has 1 heterocycles. The van der Waals surface area contributed by atoms with Gasteiger partial charge in [0, 0.05) is 44.2 Å². The third kappa shape index (κ3) is 5.39. The van der Waals surface area contributed by atoms with E-state index in [-0.39, 0.29) is 17.9 Å². The van der Waals surface area contributed by atoms with E-state index >= 15 is 0 Å². The molecular formula is C14H25N3O3S. The van der Waals surface area contributed by atoms with Crippen LogP contribution in [0.1, 0.15) is 19.3 Å². The zero-order valence-corrected chi connectivity index (χ0v) is 13.2. The van der Waals surface area contributed by atoms with Crippen LogP contribution in [0.5, 0.6) is 0 Å². The molecule has 0 spiro atoms. The number of amides is 2. The van der Waals surface area contributed by atoms with E-state index in [0.717, 1.165) is 38.9 Å². The van der Waals surface area contributed by atoms with E-state index in [0.29, 0.717) is 13.1 Å². The summed E-state index contributed by atoms with van der Waals surface area (Å²) in [4.78, 5) is 25.1. The Bertz CT molecular complexity index is 361. The molecule has 0 aromatic carbocycles. The van der Waals surface area contributed by atoms with Gasteiger partial charge in [-0.25, -0.2) is 4.79 Å². The average Bonchev–Trinajstić information content (AvgIpc) is 2.95. The first kappa shape index (κ1) is 16.4. The van der Waals surface area contributed by atoms with E-state index in [1.165, 1.54) is 11.5 Å². The molecule has 1 aliphatic carbocycles. The Morgan fingerprint density at radius 1 is 1.19 bits per heavy atom. The normalized spacial score (nSPS) is 26.5. The van der Waals surface area contributed by atoms with Crippen LogP contribution in [0.4, 0.5) is 4.79 Å². The molecule has 120 valence electrons. The highest BCUT2D eigenvalue weighted by Gasteiger charge is 2.32. The van der Waals surface area contributed by atoms with Crippen molar-refractivity contribution >= 4 is 23.8 Å². The number of nitrogens with zero attached hydrogens (tertiary/aromatic N) is 1. The maximum atomic E-state index is 11.7. The summed E-state index contributed by atoms with van der Waals surface area (Å²) in [6, 6.07) is -0.183. The second-order valence-electron chi connectivity index (χ2n) is 5.73. The van der Waals surface area contributed by atoms with Crippen molar-refractivity contribution in [3.05, 3.63) is 0 Å². The molecule has 1 saturated carbocycles. The van der Waals surface area contributed by atoms with Crippen LogP contribution in [0.25, 0.3) is 0 Å². The molecule has 7 heteroatoms. The Balaban J connectivity index is 1.57. The molecule has 2 aliphatic rings. The third-order valence-electron chi connectivity index (χ3n) is 4.32. The number of carboxylic acids is 1. The lowest BCUT2D eigenvalue weighted by Crippen LogP contribution is -2.44. The fraction of sp³-hybridized carbons (Fsp3) is 0.857. The number of nitrogens with one attached hydrogen (secondary N) is 2. The lowest BCUT2D eigenvalue weighted by atomic mass is 9.96. The lowest BCUT2D eigenvalue weighted by molar-refractivity contribution is -0.142. The van der Waals surface area contributed by atoms with Crippen molar-refractivity contribution in [2.24, 2.45) is 11.8 Å². The summed E-state index contributed by atoms with van der Waals surface area (Å²) in [6.45, 7) is 4.18. The monoisotopic (exact) mass is 315 g/mol. The number of aliphatic carboxylic acids is 1. The first-order chi connectivity index (χ1) is 10.2. The summed E-state index contributed by atoms with van der Waals surface area (Å²) in [5.74, 6) is 1.39. The zero-order valence-electron chi connectivity index (χ0n) is 12.3. The maximum Gasteiger partial charge on any atom is 0.314 e. The molecule has 6 nitrogen and oxygen atoms in total. The zero-order chi connectivity index (χ0) is 15.1. The SMILES string of the molecule is O=C(NCCN1CCSCC1)NCC1CCCC1C(=O)O. The Morgan fingerprint density at radius 3 is 2.67 bits per heavy atom. The molecule has 21 heavy (non-hydrogen) atoms. The Labute approximate surface area is 130 Å². The second-order valence-corrected chi connectivity index (χ2v) is 6.95. The van der Waals surface area contributed by atoms with Crippen LogP contribution >= 0.6 is 11.8 Å². The lowest BCUT2D eigenvalue weighted by Gasteiger charge is -2.26. The minimum absolute atomic E-state index is 0.0763. The largest absolute Gasteiger partial charge is 0.481 e. The molecule has 0 bridgehead atoms. The number of carboxylic acid groups (broad SMARTS) is 1. The molecule has 1 saturated heterocycles. The smallest absolute Gasteiger partial charge is 0.314 e. The summed E-state index contributed by atoms with van der Waals surface area (Å²) >= 11 is 1.97. The highest BCUT2D eigenvalue weighted by molar-refractivity contribution is 7.99. The van der Waals surface area contributed by atoms with Crippen LogP contribution in [0.2, 0.25) is 0 Å². The summed E-state index contributed by atoms with van der Waals surface area (Å²) in [6.07, 6.45) is 2.57. The number of rotatable bonds is 6. The molecule has 1 aliphatic heterocycles. The fourth-order valence-electron chi connectivity index (χ4n) is 3.04. The van der Waals surface area contributed by atoms with Gasteiger partial charge in [0.15, 0.2) is 0 Å². The molecule has 0 aromatic heterocycles. The van der Waals surface area contributed by atoms with Gasteiger partial charge in [-0.15, -0.1) is 0 Å².